The van der Waals surface area contributed by atoms with Crippen LogP contribution in [-0.2, 0) is 0 Å². The van der Waals surface area contributed by atoms with Crippen LogP contribution in [0.1, 0.15) is 0 Å². The zero-order valence-electron chi connectivity index (χ0n) is 6.29. The second kappa shape index (κ2) is 4.09. The van der Waals surface area contributed by atoms with E-state index in [-0.39, 0.29) is 0 Å². The molecule has 0 radical (unpaired) electrons. The molecule has 1 aromatic carbocycles. The van der Waals surface area contributed by atoms with Gasteiger partial charge in [-0.15, -0.1) is 18.3 Å². The number of nitrogen functional groups attached to an aromatic ring is 1. The van der Waals surface area contributed by atoms with Crippen molar-refractivity contribution in [3.8, 4) is 0 Å². The van der Waals surface area contributed by atoms with Crippen molar-refractivity contribution in [2.45, 2.75) is 4.90 Å². The van der Waals surface area contributed by atoms with Gasteiger partial charge in [-0.2, -0.15) is 0 Å². The molecule has 0 aliphatic carbocycles. The lowest BCUT2D eigenvalue weighted by Crippen LogP contribution is -1.83. The Balaban J connectivity index is 2.63. The molecule has 0 bridgehead atoms. The van der Waals surface area contributed by atoms with Crippen molar-refractivity contribution in [3.05, 3.63) is 36.9 Å². The Morgan fingerprint density at radius 3 is 3.00 bits per heavy atom. The summed E-state index contributed by atoms with van der Waals surface area (Å²) in [6.07, 6.45) is 1.88. The van der Waals surface area contributed by atoms with Crippen LogP contribution < -0.4 is 5.73 Å². The quantitative estimate of drug-likeness (QED) is 0.423. The molecule has 0 aromatic heterocycles. The van der Waals surface area contributed by atoms with Gasteiger partial charge in [0.25, 0.3) is 0 Å². The zero-order valence-corrected chi connectivity index (χ0v) is 7.10. The first-order valence-electron chi connectivity index (χ1n) is 3.42. The average molecular weight is 165 g/mol. The van der Waals surface area contributed by atoms with Gasteiger partial charge in [0.15, 0.2) is 0 Å². The van der Waals surface area contributed by atoms with E-state index in [0.29, 0.717) is 0 Å². The number of rotatable bonds is 3. The van der Waals surface area contributed by atoms with Gasteiger partial charge in [-0.1, -0.05) is 12.1 Å². The van der Waals surface area contributed by atoms with Crippen LogP contribution in [0.5, 0.6) is 0 Å². The Morgan fingerprint density at radius 1 is 1.55 bits per heavy atom. The van der Waals surface area contributed by atoms with Gasteiger partial charge in [-0.3, -0.25) is 0 Å². The maximum Gasteiger partial charge on any atom is 0.0325 e. The number of hydrogen-bond donors (Lipinski definition) is 1. The number of hydrogen-bond acceptors (Lipinski definition) is 2. The minimum absolute atomic E-state index is 0.819. The molecule has 11 heavy (non-hydrogen) atoms. The van der Waals surface area contributed by atoms with E-state index >= 15 is 0 Å². The second-order valence-electron chi connectivity index (χ2n) is 2.17. The molecule has 1 rings (SSSR count). The topological polar surface area (TPSA) is 26.0 Å². The SMILES string of the molecule is C=CCSc1cccc(N)c1. The molecule has 0 fully saturated rings. The zero-order chi connectivity index (χ0) is 8.10. The van der Waals surface area contributed by atoms with E-state index in [4.69, 9.17) is 5.73 Å². The molecule has 0 amide bonds. The van der Waals surface area contributed by atoms with Gasteiger partial charge >= 0.3 is 0 Å². The lowest BCUT2D eigenvalue weighted by molar-refractivity contribution is 1.46. The number of thioether (sulfide) groups is 1. The van der Waals surface area contributed by atoms with Crippen molar-refractivity contribution < 1.29 is 0 Å². The fourth-order valence-electron chi connectivity index (χ4n) is 0.759. The molecule has 0 spiro atoms. The molecule has 1 aromatic rings. The first-order chi connectivity index (χ1) is 5.33. The highest BCUT2D eigenvalue weighted by Gasteiger charge is 1.90. The molecule has 0 aliphatic rings. The van der Waals surface area contributed by atoms with E-state index in [9.17, 15) is 0 Å². The summed E-state index contributed by atoms with van der Waals surface area (Å²) in [5.41, 5.74) is 6.41. The van der Waals surface area contributed by atoms with Gasteiger partial charge < -0.3 is 5.73 Å². The van der Waals surface area contributed by atoms with E-state index in [1.54, 1.807) is 11.8 Å². The Labute approximate surface area is 71.3 Å². The van der Waals surface area contributed by atoms with Crippen molar-refractivity contribution in [2.75, 3.05) is 11.5 Å². The van der Waals surface area contributed by atoms with E-state index in [1.807, 2.05) is 30.3 Å². The number of anilines is 1. The summed E-state index contributed by atoms with van der Waals surface area (Å²) in [7, 11) is 0. The number of benzene rings is 1. The van der Waals surface area contributed by atoms with Crippen LogP contribution in [0, 0.1) is 0 Å². The molecule has 0 saturated carbocycles. The van der Waals surface area contributed by atoms with Crippen LogP contribution in [0.4, 0.5) is 5.69 Å². The predicted molar refractivity (Wildman–Crippen MR) is 51.8 cm³/mol. The molecule has 1 nitrogen and oxygen atoms in total. The molecule has 2 N–H and O–H groups in total. The Kier molecular flexibility index (Phi) is 3.05. The van der Waals surface area contributed by atoms with Gasteiger partial charge in [0, 0.05) is 16.3 Å². The molecule has 2 heteroatoms. The average Bonchev–Trinajstić information content (AvgIpc) is 2.01. The third-order valence-corrected chi connectivity index (χ3v) is 2.22. The smallest absolute Gasteiger partial charge is 0.0325 e. The molecule has 0 heterocycles. The highest BCUT2D eigenvalue weighted by atomic mass is 32.2. The van der Waals surface area contributed by atoms with Gasteiger partial charge in [-0.05, 0) is 18.2 Å². The van der Waals surface area contributed by atoms with Crippen LogP contribution in [0.2, 0.25) is 0 Å². The van der Waals surface area contributed by atoms with Crippen molar-refractivity contribution in [3.63, 3.8) is 0 Å². The van der Waals surface area contributed by atoms with Gasteiger partial charge in [0.1, 0.15) is 0 Å². The van der Waals surface area contributed by atoms with E-state index in [1.165, 1.54) is 4.90 Å². The summed E-state index contributed by atoms with van der Waals surface area (Å²) < 4.78 is 0. The lowest BCUT2D eigenvalue weighted by Gasteiger charge is -1.98. The van der Waals surface area contributed by atoms with Crippen molar-refractivity contribution in [2.24, 2.45) is 0 Å². The van der Waals surface area contributed by atoms with E-state index in [2.05, 4.69) is 6.58 Å². The molecule has 0 unspecified atom stereocenters. The predicted octanol–water partition coefficient (Wildman–Crippen LogP) is 2.55. The van der Waals surface area contributed by atoms with Crippen LogP contribution in [0.3, 0.4) is 0 Å². The van der Waals surface area contributed by atoms with Crippen LogP contribution >= 0.6 is 11.8 Å². The van der Waals surface area contributed by atoms with Crippen molar-refractivity contribution >= 4 is 17.4 Å². The summed E-state index contributed by atoms with van der Waals surface area (Å²) in [6, 6.07) is 7.86. The third-order valence-electron chi connectivity index (χ3n) is 1.23. The van der Waals surface area contributed by atoms with Crippen LogP contribution in [0.15, 0.2) is 41.8 Å². The van der Waals surface area contributed by atoms with Crippen LogP contribution in [-0.4, -0.2) is 5.75 Å². The maximum atomic E-state index is 5.59. The minimum Gasteiger partial charge on any atom is -0.399 e. The Morgan fingerprint density at radius 2 is 2.36 bits per heavy atom. The molecule has 0 saturated heterocycles. The molecular formula is C9H11NS. The molecule has 58 valence electrons. The molecule has 0 aliphatic heterocycles. The van der Waals surface area contributed by atoms with Crippen molar-refractivity contribution in [1.82, 2.24) is 0 Å². The first-order valence-corrected chi connectivity index (χ1v) is 4.40. The fraction of sp³-hybridized carbons (Fsp3) is 0.111. The lowest BCUT2D eigenvalue weighted by atomic mass is 10.3. The monoisotopic (exact) mass is 165 g/mol. The van der Waals surface area contributed by atoms with E-state index in [0.717, 1.165) is 11.4 Å². The second-order valence-corrected chi connectivity index (χ2v) is 3.27. The molecular weight excluding hydrogens is 154 g/mol. The Hall–Kier alpha value is -0.890. The van der Waals surface area contributed by atoms with Crippen LogP contribution in [0.25, 0.3) is 0 Å². The van der Waals surface area contributed by atoms with Gasteiger partial charge in [0.2, 0.25) is 0 Å². The summed E-state index contributed by atoms with van der Waals surface area (Å²) in [5.74, 6) is 0.934. The fourth-order valence-corrected chi connectivity index (χ4v) is 1.46. The summed E-state index contributed by atoms with van der Waals surface area (Å²) in [4.78, 5) is 1.20. The van der Waals surface area contributed by atoms with Crippen molar-refractivity contribution in [1.29, 1.82) is 0 Å². The standard InChI is InChI=1S/C9H11NS/c1-2-6-11-9-5-3-4-8(10)7-9/h2-5,7H,1,6,10H2. The summed E-state index contributed by atoms with van der Waals surface area (Å²) >= 11 is 1.74. The van der Waals surface area contributed by atoms with Gasteiger partial charge in [0.05, 0.1) is 0 Å². The maximum absolute atomic E-state index is 5.59. The highest BCUT2D eigenvalue weighted by Crippen LogP contribution is 2.19. The molecule has 0 atom stereocenters. The minimum atomic E-state index is 0.819. The van der Waals surface area contributed by atoms with E-state index < -0.39 is 0 Å². The number of nitrogens with two attached hydrogens (primary N) is 1. The first kappa shape index (κ1) is 8.21. The largest absolute Gasteiger partial charge is 0.399 e. The normalized spacial score (nSPS) is 9.45. The summed E-state index contributed by atoms with van der Waals surface area (Å²) in [5, 5.41) is 0. The summed E-state index contributed by atoms with van der Waals surface area (Å²) in [6.45, 7) is 3.65. The Bertz CT molecular complexity index is 245. The van der Waals surface area contributed by atoms with Gasteiger partial charge in [-0.25, -0.2) is 0 Å². The highest BCUT2D eigenvalue weighted by molar-refractivity contribution is 7.99. The third kappa shape index (κ3) is 2.68.